The van der Waals surface area contributed by atoms with E-state index in [2.05, 4.69) is 29.5 Å². The number of rotatable bonds is 7. The molecule has 0 amide bonds. The lowest BCUT2D eigenvalue weighted by atomic mass is 10.2. The minimum atomic E-state index is 0.214. The van der Waals surface area contributed by atoms with E-state index in [1.54, 1.807) is 29.4 Å². The summed E-state index contributed by atoms with van der Waals surface area (Å²) in [7, 11) is 0. The lowest BCUT2D eigenvalue weighted by molar-refractivity contribution is 0.102. The number of carbonyl (C=O) groups is 1. The number of carbonyl (C=O) groups excluding carboxylic acids is 1. The van der Waals surface area contributed by atoms with Gasteiger partial charge in [0.15, 0.2) is 16.6 Å². The van der Waals surface area contributed by atoms with Crippen LogP contribution >= 0.6 is 23.1 Å². The summed E-state index contributed by atoms with van der Waals surface area (Å²) >= 11 is 3.20. The van der Waals surface area contributed by atoms with Crippen molar-refractivity contribution in [1.82, 2.24) is 9.55 Å². The average molecular weight is 373 g/mol. The van der Waals surface area contributed by atoms with Gasteiger partial charge in [0.1, 0.15) is 0 Å². The second-order valence-electron chi connectivity index (χ2n) is 6.42. The maximum absolute atomic E-state index is 12.6. The first kappa shape index (κ1) is 16.7. The molecule has 0 atom stereocenters. The molecule has 0 aliphatic heterocycles. The van der Waals surface area contributed by atoms with Gasteiger partial charge in [-0.1, -0.05) is 0 Å². The van der Waals surface area contributed by atoms with Crippen LogP contribution in [0.4, 0.5) is 0 Å². The highest BCUT2D eigenvalue weighted by atomic mass is 32.2. The van der Waals surface area contributed by atoms with E-state index in [0.717, 1.165) is 33.5 Å². The Bertz CT molecular complexity index is 889. The van der Waals surface area contributed by atoms with E-state index in [0.29, 0.717) is 11.8 Å². The first-order valence-electron chi connectivity index (χ1n) is 8.41. The Balaban J connectivity index is 1.36. The summed E-state index contributed by atoms with van der Waals surface area (Å²) in [5.74, 6) is 2.24. The number of thiazole rings is 1. The van der Waals surface area contributed by atoms with Crippen LogP contribution in [0, 0.1) is 13.8 Å². The van der Waals surface area contributed by atoms with Gasteiger partial charge in [-0.15, -0.1) is 23.1 Å². The van der Waals surface area contributed by atoms with Gasteiger partial charge in [-0.25, -0.2) is 4.98 Å². The fourth-order valence-corrected chi connectivity index (χ4v) is 4.86. The molecule has 3 heterocycles. The third kappa shape index (κ3) is 3.46. The number of hydrogen-bond donors (Lipinski definition) is 0. The predicted octanol–water partition coefficient (Wildman–Crippen LogP) is 5.27. The molecule has 4 rings (SSSR count). The zero-order valence-electron chi connectivity index (χ0n) is 14.3. The molecule has 1 fully saturated rings. The molecule has 1 saturated carbocycles. The van der Waals surface area contributed by atoms with Crippen LogP contribution in [-0.4, -0.2) is 21.1 Å². The number of furan rings is 1. The fourth-order valence-electron chi connectivity index (χ4n) is 3.17. The van der Waals surface area contributed by atoms with Gasteiger partial charge in [0.25, 0.3) is 0 Å². The highest BCUT2D eigenvalue weighted by Gasteiger charge is 2.28. The van der Waals surface area contributed by atoms with E-state index in [-0.39, 0.29) is 5.78 Å². The summed E-state index contributed by atoms with van der Waals surface area (Å²) < 4.78 is 7.70. The molecule has 6 heteroatoms. The summed E-state index contributed by atoms with van der Waals surface area (Å²) in [6.07, 6.45) is 4.13. The van der Waals surface area contributed by atoms with Crippen molar-refractivity contribution in [2.24, 2.45) is 0 Å². The van der Waals surface area contributed by atoms with Crippen LogP contribution in [0.2, 0.25) is 0 Å². The summed E-state index contributed by atoms with van der Waals surface area (Å²) in [5.41, 5.74) is 4.21. The molecule has 0 spiro atoms. The zero-order chi connectivity index (χ0) is 17.4. The van der Waals surface area contributed by atoms with Gasteiger partial charge >= 0.3 is 0 Å². The van der Waals surface area contributed by atoms with Crippen molar-refractivity contribution in [1.29, 1.82) is 0 Å². The van der Waals surface area contributed by atoms with E-state index in [1.807, 2.05) is 17.5 Å². The number of ketones is 1. The Morgan fingerprint density at radius 3 is 3.00 bits per heavy atom. The van der Waals surface area contributed by atoms with Crippen LogP contribution < -0.4 is 0 Å². The molecule has 130 valence electrons. The molecule has 0 bridgehead atoms. The van der Waals surface area contributed by atoms with Crippen molar-refractivity contribution in [3.8, 4) is 10.8 Å². The third-order valence-electron chi connectivity index (χ3n) is 4.46. The van der Waals surface area contributed by atoms with Crippen molar-refractivity contribution >= 4 is 28.9 Å². The summed E-state index contributed by atoms with van der Waals surface area (Å²) in [6.45, 7) is 4.17. The maximum Gasteiger partial charge on any atom is 0.174 e. The molecule has 0 unspecified atom stereocenters. The number of thioether (sulfide) groups is 1. The number of aromatic nitrogens is 2. The highest BCUT2D eigenvalue weighted by Crippen LogP contribution is 2.38. The van der Waals surface area contributed by atoms with Gasteiger partial charge in [-0.3, -0.25) is 4.79 Å². The molecule has 1 aliphatic carbocycles. The first-order valence-corrected chi connectivity index (χ1v) is 10.4. The van der Waals surface area contributed by atoms with E-state index < -0.39 is 0 Å². The molecule has 1 aliphatic rings. The second-order valence-corrected chi connectivity index (χ2v) is 8.27. The minimum absolute atomic E-state index is 0.214. The fraction of sp³-hybridized carbons (Fsp3) is 0.368. The Kier molecular flexibility index (Phi) is 4.56. The maximum atomic E-state index is 12.6. The lowest BCUT2D eigenvalue weighted by Gasteiger charge is -2.07. The topological polar surface area (TPSA) is 48.0 Å². The molecule has 25 heavy (non-hydrogen) atoms. The zero-order valence-corrected chi connectivity index (χ0v) is 16.0. The van der Waals surface area contributed by atoms with Crippen molar-refractivity contribution in [3.63, 3.8) is 0 Å². The van der Waals surface area contributed by atoms with E-state index in [9.17, 15) is 4.79 Å². The molecule has 0 radical (unpaired) electrons. The van der Waals surface area contributed by atoms with E-state index >= 15 is 0 Å². The van der Waals surface area contributed by atoms with Gasteiger partial charge in [0.2, 0.25) is 0 Å². The van der Waals surface area contributed by atoms with Crippen LogP contribution in [0.3, 0.4) is 0 Å². The predicted molar refractivity (Wildman–Crippen MR) is 102 cm³/mol. The van der Waals surface area contributed by atoms with E-state index in [4.69, 9.17) is 4.42 Å². The van der Waals surface area contributed by atoms with E-state index in [1.165, 1.54) is 18.5 Å². The van der Waals surface area contributed by atoms with Crippen LogP contribution in [-0.2, 0) is 5.75 Å². The number of hydrogen-bond acceptors (Lipinski definition) is 5. The SMILES string of the molecule is Cc1cc(C(=O)CSCc2csc(-c3ccco3)n2)c(C)n1C1CC1. The second kappa shape index (κ2) is 6.84. The number of nitrogens with zero attached hydrogens (tertiary/aromatic N) is 2. The molecule has 3 aromatic rings. The Labute approximate surface area is 155 Å². The first-order chi connectivity index (χ1) is 12.1. The van der Waals surface area contributed by atoms with Crippen LogP contribution in [0.5, 0.6) is 0 Å². The standard InChI is InChI=1S/C19H20N2O2S2/c1-12-8-16(13(2)21(12)15-5-6-15)17(22)11-24-9-14-10-25-19(20-14)18-4-3-7-23-18/h3-4,7-8,10,15H,5-6,9,11H2,1-2H3. The quantitative estimate of drug-likeness (QED) is 0.530. The van der Waals surface area contributed by atoms with Crippen molar-refractivity contribution in [2.75, 3.05) is 5.75 Å². The molecule has 0 N–H and O–H groups in total. The van der Waals surface area contributed by atoms with Crippen molar-refractivity contribution in [3.05, 3.63) is 52.5 Å². The van der Waals surface area contributed by atoms with Crippen LogP contribution in [0.25, 0.3) is 10.8 Å². The summed E-state index contributed by atoms with van der Waals surface area (Å²) in [4.78, 5) is 17.2. The third-order valence-corrected chi connectivity index (χ3v) is 6.34. The highest BCUT2D eigenvalue weighted by molar-refractivity contribution is 7.99. The van der Waals surface area contributed by atoms with Crippen LogP contribution in [0.15, 0.2) is 34.3 Å². The van der Waals surface area contributed by atoms with Crippen LogP contribution in [0.1, 0.15) is 46.3 Å². The number of Topliss-reactive ketones (excluding diaryl/α,β-unsaturated/α-hetero) is 1. The van der Waals surface area contributed by atoms with Gasteiger partial charge in [0, 0.05) is 34.1 Å². The Hall–Kier alpha value is -1.79. The average Bonchev–Trinajstić information content (AvgIpc) is 3.02. The smallest absolute Gasteiger partial charge is 0.174 e. The molecular weight excluding hydrogens is 352 g/mol. The molecule has 0 aromatic carbocycles. The van der Waals surface area contributed by atoms with Gasteiger partial charge in [-0.05, 0) is 44.9 Å². The number of aryl methyl sites for hydroxylation is 1. The summed E-state index contributed by atoms with van der Waals surface area (Å²) in [5, 5.41) is 2.92. The molecular formula is C19H20N2O2S2. The van der Waals surface area contributed by atoms with Gasteiger partial charge < -0.3 is 8.98 Å². The van der Waals surface area contributed by atoms with Crippen molar-refractivity contribution in [2.45, 2.75) is 38.5 Å². The van der Waals surface area contributed by atoms with Gasteiger partial charge in [0.05, 0.1) is 17.7 Å². The minimum Gasteiger partial charge on any atom is -0.462 e. The lowest BCUT2D eigenvalue weighted by Crippen LogP contribution is -2.06. The van der Waals surface area contributed by atoms with Gasteiger partial charge in [-0.2, -0.15) is 0 Å². The molecule has 0 saturated heterocycles. The summed E-state index contributed by atoms with van der Waals surface area (Å²) in [6, 6.07) is 6.44. The molecule has 3 aromatic heterocycles. The normalized spacial score (nSPS) is 14.2. The largest absolute Gasteiger partial charge is 0.462 e. The Morgan fingerprint density at radius 2 is 2.28 bits per heavy atom. The Morgan fingerprint density at radius 1 is 1.44 bits per heavy atom. The van der Waals surface area contributed by atoms with Crippen molar-refractivity contribution < 1.29 is 9.21 Å². The monoisotopic (exact) mass is 372 g/mol. The molecule has 4 nitrogen and oxygen atoms in total.